The molecule has 3 heterocycles. The van der Waals surface area contributed by atoms with E-state index in [1.807, 2.05) is 82.8 Å². The highest BCUT2D eigenvalue weighted by Gasteiger charge is 2.18. The number of imidazole rings is 1. The van der Waals surface area contributed by atoms with Gasteiger partial charge in [0.2, 0.25) is 0 Å². The number of thiophene rings is 1. The molecule has 0 atom stereocenters. The Labute approximate surface area is 149 Å². The second kappa shape index (κ2) is 6.78. The van der Waals surface area contributed by atoms with Gasteiger partial charge in [0.25, 0.3) is 0 Å². The number of hydrogen-bond donors (Lipinski definition) is 1. The Morgan fingerprint density at radius 1 is 1.08 bits per heavy atom. The van der Waals surface area contributed by atoms with Gasteiger partial charge in [0.15, 0.2) is 0 Å². The molecule has 0 radical (unpaired) electrons. The number of amides is 2. The first kappa shape index (κ1) is 15.4. The molecule has 1 aromatic carbocycles. The fourth-order valence-electron chi connectivity index (χ4n) is 2.67. The summed E-state index contributed by atoms with van der Waals surface area (Å²) in [4.78, 5) is 19.0. The minimum absolute atomic E-state index is 0.167. The normalized spacial score (nSPS) is 10.7. The van der Waals surface area contributed by atoms with Crippen LogP contribution in [0.15, 0.2) is 78.4 Å². The lowest BCUT2D eigenvalue weighted by atomic mass is 10.3. The maximum absolute atomic E-state index is 12.9. The molecule has 2 amide bonds. The van der Waals surface area contributed by atoms with E-state index in [0.717, 1.165) is 22.0 Å². The highest BCUT2D eigenvalue weighted by atomic mass is 32.1. The van der Waals surface area contributed by atoms with Crippen LogP contribution in [0.2, 0.25) is 0 Å². The standard InChI is InChI=1S/C19H16N4OS/c24-19(21-18-10-6-12-25-18)23(15-7-2-1-3-8-15)14-16-13-20-17-9-4-5-11-22(16)17/h1-13H,14H2,(H,21,24). The SMILES string of the molecule is O=C(Nc1cccs1)N(Cc1cnc2ccccn12)c1ccccc1. The lowest BCUT2D eigenvalue weighted by molar-refractivity contribution is 0.256. The molecule has 0 aliphatic heterocycles. The van der Waals surface area contributed by atoms with Crippen LogP contribution < -0.4 is 10.2 Å². The van der Waals surface area contributed by atoms with Crippen molar-refractivity contribution in [3.05, 3.63) is 84.1 Å². The Balaban J connectivity index is 1.66. The van der Waals surface area contributed by atoms with E-state index in [1.165, 1.54) is 11.3 Å². The van der Waals surface area contributed by atoms with Crippen molar-refractivity contribution in [3.8, 4) is 0 Å². The van der Waals surface area contributed by atoms with Gasteiger partial charge in [-0.15, -0.1) is 11.3 Å². The fraction of sp³-hybridized carbons (Fsp3) is 0.0526. The first-order chi connectivity index (χ1) is 12.3. The number of anilines is 2. The third kappa shape index (κ3) is 3.25. The average molecular weight is 348 g/mol. The number of carbonyl (C=O) groups is 1. The predicted octanol–water partition coefficient (Wildman–Crippen LogP) is 4.63. The number of fused-ring (bicyclic) bond motifs is 1. The van der Waals surface area contributed by atoms with Crippen molar-refractivity contribution in [3.63, 3.8) is 0 Å². The van der Waals surface area contributed by atoms with Crippen molar-refractivity contribution in [2.45, 2.75) is 6.54 Å². The molecule has 3 aromatic heterocycles. The number of urea groups is 1. The molecule has 0 aliphatic carbocycles. The summed E-state index contributed by atoms with van der Waals surface area (Å²) in [7, 11) is 0. The van der Waals surface area contributed by atoms with Gasteiger partial charge in [-0.1, -0.05) is 24.3 Å². The van der Waals surface area contributed by atoms with Crippen molar-refractivity contribution in [1.29, 1.82) is 0 Å². The Hall–Kier alpha value is -3.12. The second-order valence-electron chi connectivity index (χ2n) is 5.51. The van der Waals surface area contributed by atoms with Crippen molar-refractivity contribution >= 4 is 33.7 Å². The number of nitrogens with one attached hydrogen (secondary N) is 1. The summed E-state index contributed by atoms with van der Waals surface area (Å²) in [6.45, 7) is 0.423. The lowest BCUT2D eigenvalue weighted by Gasteiger charge is -2.22. The summed E-state index contributed by atoms with van der Waals surface area (Å²) in [6.07, 6.45) is 3.77. The summed E-state index contributed by atoms with van der Waals surface area (Å²) in [5, 5.41) is 5.72. The van der Waals surface area contributed by atoms with Crippen molar-refractivity contribution in [2.24, 2.45) is 0 Å². The van der Waals surface area contributed by atoms with Crippen molar-refractivity contribution in [2.75, 3.05) is 10.2 Å². The molecule has 4 aromatic rings. The van der Waals surface area contributed by atoms with Gasteiger partial charge in [0.1, 0.15) is 5.65 Å². The lowest BCUT2D eigenvalue weighted by Crippen LogP contribution is -2.34. The van der Waals surface area contributed by atoms with E-state index in [9.17, 15) is 4.79 Å². The highest BCUT2D eigenvalue weighted by Crippen LogP contribution is 2.21. The van der Waals surface area contributed by atoms with Gasteiger partial charge in [-0.05, 0) is 41.8 Å². The molecule has 0 aliphatic rings. The molecule has 124 valence electrons. The maximum Gasteiger partial charge on any atom is 0.327 e. The summed E-state index contributed by atoms with van der Waals surface area (Å²) >= 11 is 1.50. The third-order valence-corrected chi connectivity index (χ3v) is 4.66. The van der Waals surface area contributed by atoms with Gasteiger partial charge in [-0.2, -0.15) is 0 Å². The minimum atomic E-state index is -0.167. The quantitative estimate of drug-likeness (QED) is 0.584. The van der Waals surface area contributed by atoms with E-state index in [1.54, 1.807) is 4.90 Å². The largest absolute Gasteiger partial charge is 0.327 e. The molecular formula is C19H16N4OS. The average Bonchev–Trinajstić information content (AvgIpc) is 3.30. The van der Waals surface area contributed by atoms with Crippen LogP contribution in [0.5, 0.6) is 0 Å². The van der Waals surface area contributed by atoms with E-state index in [2.05, 4.69) is 10.3 Å². The van der Waals surface area contributed by atoms with E-state index >= 15 is 0 Å². The number of para-hydroxylation sites is 1. The Kier molecular flexibility index (Phi) is 4.18. The van der Waals surface area contributed by atoms with Gasteiger partial charge in [-0.25, -0.2) is 9.78 Å². The molecule has 0 spiro atoms. The topological polar surface area (TPSA) is 49.6 Å². The molecule has 6 heteroatoms. The number of benzene rings is 1. The molecule has 0 saturated heterocycles. The van der Waals surface area contributed by atoms with Crippen LogP contribution in [0.3, 0.4) is 0 Å². The smallest absolute Gasteiger partial charge is 0.302 e. The molecule has 0 unspecified atom stereocenters. The zero-order valence-electron chi connectivity index (χ0n) is 13.4. The van der Waals surface area contributed by atoms with E-state index in [4.69, 9.17) is 0 Å². The Morgan fingerprint density at radius 3 is 2.72 bits per heavy atom. The number of rotatable bonds is 4. The van der Waals surface area contributed by atoms with Crippen LogP contribution in [0.4, 0.5) is 15.5 Å². The number of hydrogen-bond acceptors (Lipinski definition) is 3. The first-order valence-electron chi connectivity index (χ1n) is 7.89. The number of nitrogens with zero attached hydrogens (tertiary/aromatic N) is 3. The molecule has 0 bridgehead atoms. The van der Waals surface area contributed by atoms with Crippen LogP contribution in [0, 0.1) is 0 Å². The molecule has 1 N–H and O–H groups in total. The van der Waals surface area contributed by atoms with Crippen LogP contribution in [0.25, 0.3) is 5.65 Å². The predicted molar refractivity (Wildman–Crippen MR) is 101 cm³/mol. The van der Waals surface area contributed by atoms with Gasteiger partial charge in [0, 0.05) is 11.9 Å². The molecule has 4 rings (SSSR count). The summed E-state index contributed by atoms with van der Waals surface area (Å²) < 4.78 is 1.99. The van der Waals surface area contributed by atoms with Gasteiger partial charge in [0.05, 0.1) is 23.4 Å². The summed E-state index contributed by atoms with van der Waals surface area (Å²) in [5.74, 6) is 0. The minimum Gasteiger partial charge on any atom is -0.302 e. The van der Waals surface area contributed by atoms with Crippen LogP contribution >= 0.6 is 11.3 Å². The van der Waals surface area contributed by atoms with Crippen LogP contribution in [-0.4, -0.2) is 15.4 Å². The van der Waals surface area contributed by atoms with Crippen molar-refractivity contribution < 1.29 is 4.79 Å². The van der Waals surface area contributed by atoms with E-state index < -0.39 is 0 Å². The van der Waals surface area contributed by atoms with E-state index in [-0.39, 0.29) is 6.03 Å². The summed E-state index contributed by atoms with van der Waals surface area (Å²) in [6, 6.07) is 19.1. The maximum atomic E-state index is 12.9. The van der Waals surface area contributed by atoms with Gasteiger partial charge < -0.3 is 4.40 Å². The molecule has 0 saturated carbocycles. The molecular weight excluding hydrogens is 332 g/mol. The number of pyridine rings is 1. The Morgan fingerprint density at radius 2 is 1.92 bits per heavy atom. The summed E-state index contributed by atoms with van der Waals surface area (Å²) in [5.41, 5.74) is 2.65. The Bertz CT molecular complexity index is 979. The first-order valence-corrected chi connectivity index (χ1v) is 8.77. The zero-order chi connectivity index (χ0) is 17.1. The third-order valence-electron chi connectivity index (χ3n) is 3.88. The molecule has 0 fully saturated rings. The molecule has 5 nitrogen and oxygen atoms in total. The van der Waals surface area contributed by atoms with Crippen molar-refractivity contribution in [1.82, 2.24) is 9.38 Å². The highest BCUT2D eigenvalue weighted by molar-refractivity contribution is 7.14. The second-order valence-corrected chi connectivity index (χ2v) is 6.46. The van der Waals surface area contributed by atoms with Gasteiger partial charge >= 0.3 is 6.03 Å². The number of carbonyl (C=O) groups excluding carboxylic acids is 1. The van der Waals surface area contributed by atoms with Crippen LogP contribution in [0.1, 0.15) is 5.69 Å². The number of aromatic nitrogens is 2. The van der Waals surface area contributed by atoms with Gasteiger partial charge in [-0.3, -0.25) is 10.2 Å². The van der Waals surface area contributed by atoms with Crippen LogP contribution in [-0.2, 0) is 6.54 Å². The zero-order valence-corrected chi connectivity index (χ0v) is 14.2. The monoisotopic (exact) mass is 348 g/mol. The molecule has 25 heavy (non-hydrogen) atoms. The fourth-order valence-corrected chi connectivity index (χ4v) is 3.28. The van der Waals surface area contributed by atoms with E-state index in [0.29, 0.717) is 6.54 Å².